The summed E-state index contributed by atoms with van der Waals surface area (Å²) in [6.45, 7) is 0. The number of primary amides is 1. The molecule has 1 amide bonds. The molecule has 1 atom stereocenters. The first-order chi connectivity index (χ1) is 13.4. The molecule has 140 valence electrons. The van der Waals surface area contributed by atoms with Gasteiger partial charge in [0.2, 0.25) is 5.88 Å². The molecule has 28 heavy (non-hydrogen) atoms. The van der Waals surface area contributed by atoms with Crippen molar-refractivity contribution < 1.29 is 13.9 Å². The van der Waals surface area contributed by atoms with Crippen LogP contribution < -0.4 is 17.1 Å². The number of carbonyl (C=O) groups is 1. The summed E-state index contributed by atoms with van der Waals surface area (Å²) in [5.74, 6) is -1.26. The van der Waals surface area contributed by atoms with E-state index in [1.54, 1.807) is 48.5 Å². The highest BCUT2D eigenvalue weighted by Crippen LogP contribution is 2.36. The molecule has 0 fully saturated rings. The third-order valence-corrected chi connectivity index (χ3v) is 4.77. The van der Waals surface area contributed by atoms with E-state index < -0.39 is 17.5 Å². The fraction of sp³-hybridized carbons (Fsp3) is 0.0476. The maximum atomic E-state index is 12.5. The first kappa shape index (κ1) is 17.9. The molecule has 1 aliphatic heterocycles. The molecule has 2 heterocycles. The lowest BCUT2D eigenvalue weighted by Crippen LogP contribution is -2.27. The molecule has 3 aromatic rings. The Balaban J connectivity index is 1.87. The zero-order valence-electron chi connectivity index (χ0n) is 14.5. The lowest BCUT2D eigenvalue weighted by molar-refractivity contribution is -0.115. The Hall–Kier alpha value is -3.51. The summed E-state index contributed by atoms with van der Waals surface area (Å²) in [6, 6.07) is 15.7. The smallest absolute Gasteiger partial charge is 0.347 e. The summed E-state index contributed by atoms with van der Waals surface area (Å²) >= 11 is 5.96. The number of hydrogen-bond donors (Lipinski definition) is 2. The van der Waals surface area contributed by atoms with E-state index >= 15 is 0 Å². The number of halogens is 1. The van der Waals surface area contributed by atoms with E-state index in [9.17, 15) is 9.59 Å². The second-order valence-corrected chi connectivity index (χ2v) is 6.73. The van der Waals surface area contributed by atoms with Crippen molar-refractivity contribution in [3.05, 3.63) is 98.7 Å². The minimum absolute atomic E-state index is 0.108. The number of fused-ring (bicyclic) bond motifs is 1. The molecule has 0 bridgehead atoms. The van der Waals surface area contributed by atoms with E-state index in [-0.39, 0.29) is 22.8 Å². The van der Waals surface area contributed by atoms with Gasteiger partial charge in [0.25, 0.3) is 5.91 Å². The fourth-order valence-corrected chi connectivity index (χ4v) is 3.31. The third-order valence-electron chi connectivity index (χ3n) is 4.52. The normalized spacial score (nSPS) is 16.6. The number of para-hydroxylation sites is 1. The first-order valence-corrected chi connectivity index (χ1v) is 8.79. The number of rotatable bonds is 3. The summed E-state index contributed by atoms with van der Waals surface area (Å²) in [5, 5.41) is 1.28. The number of amides is 1. The third kappa shape index (κ3) is 3.14. The van der Waals surface area contributed by atoms with Gasteiger partial charge in [0.1, 0.15) is 16.9 Å². The van der Waals surface area contributed by atoms with Gasteiger partial charge in [0.05, 0.1) is 5.57 Å². The maximum absolute atomic E-state index is 12.5. The average molecular weight is 395 g/mol. The second-order valence-electron chi connectivity index (χ2n) is 6.29. The van der Waals surface area contributed by atoms with Gasteiger partial charge < -0.3 is 20.6 Å². The summed E-state index contributed by atoms with van der Waals surface area (Å²) in [5.41, 5.74) is 12.4. The number of benzene rings is 2. The molecular formula is C21H15ClN2O4. The maximum Gasteiger partial charge on any atom is 0.347 e. The lowest BCUT2D eigenvalue weighted by Gasteiger charge is -2.24. The number of hydrogen-bond acceptors (Lipinski definition) is 5. The Morgan fingerprint density at radius 3 is 2.50 bits per heavy atom. The molecule has 0 radical (unpaired) electrons. The number of carbonyl (C=O) groups excluding carboxylic acids is 1. The van der Waals surface area contributed by atoms with Crippen LogP contribution in [-0.4, -0.2) is 5.91 Å². The minimum atomic E-state index is -0.710. The molecule has 7 heteroatoms. The van der Waals surface area contributed by atoms with Gasteiger partial charge in [-0.2, -0.15) is 0 Å². The van der Waals surface area contributed by atoms with E-state index in [1.807, 2.05) is 12.1 Å². The van der Waals surface area contributed by atoms with Crippen LogP contribution in [0.3, 0.4) is 0 Å². The molecule has 4 N–H and O–H groups in total. The van der Waals surface area contributed by atoms with Gasteiger partial charge >= 0.3 is 5.63 Å². The first-order valence-electron chi connectivity index (χ1n) is 8.42. The van der Waals surface area contributed by atoms with Crippen molar-refractivity contribution >= 4 is 34.2 Å². The molecule has 6 nitrogen and oxygen atoms in total. The molecule has 1 unspecified atom stereocenters. The zero-order chi connectivity index (χ0) is 19.8. The van der Waals surface area contributed by atoms with E-state index in [0.717, 1.165) is 10.9 Å². The lowest BCUT2D eigenvalue weighted by atomic mass is 9.88. The zero-order valence-corrected chi connectivity index (χ0v) is 15.3. The largest absolute Gasteiger partial charge is 0.440 e. The van der Waals surface area contributed by atoms with Gasteiger partial charge in [0.15, 0.2) is 0 Å². The Bertz CT molecular complexity index is 1210. The van der Waals surface area contributed by atoms with E-state index in [0.29, 0.717) is 10.6 Å². The second kappa shape index (κ2) is 6.90. The van der Waals surface area contributed by atoms with Crippen LogP contribution in [0.1, 0.15) is 17.0 Å². The van der Waals surface area contributed by atoms with E-state index in [2.05, 4.69) is 0 Å². The number of allylic oxidation sites excluding steroid dienone is 1. The van der Waals surface area contributed by atoms with Gasteiger partial charge in [-0.1, -0.05) is 41.9 Å². The van der Waals surface area contributed by atoms with Gasteiger partial charge in [-0.25, -0.2) is 4.79 Å². The van der Waals surface area contributed by atoms with Crippen LogP contribution in [0.2, 0.25) is 5.02 Å². The quantitative estimate of drug-likeness (QED) is 0.663. The van der Waals surface area contributed by atoms with Crippen molar-refractivity contribution in [2.75, 3.05) is 0 Å². The Morgan fingerprint density at radius 1 is 1.07 bits per heavy atom. The highest BCUT2D eigenvalue weighted by atomic mass is 35.5. The molecule has 1 aromatic heterocycles. The van der Waals surface area contributed by atoms with Crippen LogP contribution in [0.4, 0.5) is 0 Å². The Kier molecular flexibility index (Phi) is 4.41. The summed E-state index contributed by atoms with van der Waals surface area (Å²) in [7, 11) is 0. The van der Waals surface area contributed by atoms with Crippen molar-refractivity contribution in [3.8, 4) is 0 Å². The predicted molar refractivity (Wildman–Crippen MR) is 106 cm³/mol. The van der Waals surface area contributed by atoms with Crippen molar-refractivity contribution in [2.24, 2.45) is 11.5 Å². The van der Waals surface area contributed by atoms with Gasteiger partial charge in [-0.3, -0.25) is 4.79 Å². The highest BCUT2D eigenvalue weighted by molar-refractivity contribution is 6.30. The van der Waals surface area contributed by atoms with Crippen LogP contribution in [-0.2, 0) is 9.53 Å². The Labute approximate surface area is 164 Å². The van der Waals surface area contributed by atoms with E-state index in [1.165, 1.54) is 0 Å². The molecule has 4 rings (SSSR count). The van der Waals surface area contributed by atoms with Crippen molar-refractivity contribution in [1.82, 2.24) is 0 Å². The molecule has 0 saturated carbocycles. The van der Waals surface area contributed by atoms with E-state index in [4.69, 9.17) is 32.2 Å². The average Bonchev–Trinajstić information content (AvgIpc) is 2.67. The molecular weight excluding hydrogens is 380 g/mol. The molecule has 2 aromatic carbocycles. The van der Waals surface area contributed by atoms with Crippen LogP contribution in [0.5, 0.6) is 0 Å². The van der Waals surface area contributed by atoms with Crippen molar-refractivity contribution in [2.45, 2.75) is 5.92 Å². The van der Waals surface area contributed by atoms with Gasteiger partial charge in [-0.05, 0) is 35.9 Å². The number of ether oxygens (including phenoxy) is 1. The van der Waals surface area contributed by atoms with Crippen LogP contribution in [0.15, 0.2) is 81.3 Å². The highest BCUT2D eigenvalue weighted by Gasteiger charge is 2.30. The molecule has 0 spiro atoms. The van der Waals surface area contributed by atoms with Crippen molar-refractivity contribution in [1.29, 1.82) is 0 Å². The van der Waals surface area contributed by atoms with Crippen molar-refractivity contribution in [3.63, 3.8) is 0 Å². The van der Waals surface area contributed by atoms with Crippen LogP contribution in [0.25, 0.3) is 16.7 Å². The van der Waals surface area contributed by atoms with Gasteiger partial charge in [0, 0.05) is 16.3 Å². The monoisotopic (exact) mass is 394 g/mol. The summed E-state index contributed by atoms with van der Waals surface area (Å²) in [4.78, 5) is 24.5. The minimum Gasteiger partial charge on any atom is -0.440 e. The van der Waals surface area contributed by atoms with Gasteiger partial charge in [-0.15, -0.1) is 0 Å². The summed E-state index contributed by atoms with van der Waals surface area (Å²) in [6.07, 6.45) is 1.63. The Morgan fingerprint density at radius 2 is 1.79 bits per heavy atom. The number of nitrogens with two attached hydrogens (primary N) is 2. The predicted octanol–water partition coefficient (Wildman–Crippen LogP) is 3.26. The molecule has 0 aliphatic carbocycles. The van der Waals surface area contributed by atoms with Crippen LogP contribution in [0, 0.1) is 0 Å². The molecule has 1 aliphatic rings. The fourth-order valence-electron chi connectivity index (χ4n) is 3.18. The SMILES string of the molecule is NC(=O)C1=C(N)OC(c2cc3ccccc3oc2=O)=CC1c1ccc(Cl)cc1. The molecule has 0 saturated heterocycles. The van der Waals surface area contributed by atoms with Crippen LogP contribution >= 0.6 is 11.6 Å². The topological polar surface area (TPSA) is 109 Å². The summed E-state index contributed by atoms with van der Waals surface area (Å²) < 4.78 is 11.0. The standard InChI is InChI=1S/C21H15ClN2O4/c22-13-7-5-11(6-8-13)14-10-17(27-20(24)18(14)19(23)25)15-9-12-3-1-2-4-16(12)28-21(15)26/h1-10,14H,24H2,(H2,23,25).